The maximum Gasteiger partial charge on any atom is 0.252 e. The van der Waals surface area contributed by atoms with Gasteiger partial charge in [-0.1, -0.05) is 6.92 Å². The highest BCUT2D eigenvalue weighted by molar-refractivity contribution is 7.91. The molecular weight excluding hydrogens is 254 g/mol. The third-order valence-corrected chi connectivity index (χ3v) is 5.82. The second kappa shape index (κ2) is 5.30. The topological polar surface area (TPSA) is 37.4 Å². The van der Waals surface area contributed by atoms with E-state index >= 15 is 0 Å². The smallest absolute Gasteiger partial charge is 0.206 e. The standard InChI is InChI=1S/C9H14ClNO2S2/c1-3-11(2)15(12,13)9-5-4-8(14-9)6-7-10/h4-5H,3,6-7H2,1-2H3. The summed E-state index contributed by atoms with van der Waals surface area (Å²) in [6.07, 6.45) is 0.720. The summed E-state index contributed by atoms with van der Waals surface area (Å²) in [6.45, 7) is 2.29. The number of thiophene rings is 1. The van der Waals surface area contributed by atoms with E-state index < -0.39 is 10.0 Å². The quantitative estimate of drug-likeness (QED) is 0.767. The van der Waals surface area contributed by atoms with E-state index in [1.165, 1.54) is 15.6 Å². The van der Waals surface area contributed by atoms with Crippen molar-refractivity contribution < 1.29 is 8.42 Å². The van der Waals surface area contributed by atoms with Crippen LogP contribution in [-0.4, -0.2) is 32.2 Å². The van der Waals surface area contributed by atoms with Crippen LogP contribution < -0.4 is 0 Å². The van der Waals surface area contributed by atoms with Gasteiger partial charge in [0.25, 0.3) is 10.0 Å². The van der Waals surface area contributed by atoms with Crippen LogP contribution in [0.1, 0.15) is 11.8 Å². The molecule has 0 radical (unpaired) electrons. The number of aryl methyl sites for hydroxylation is 1. The first-order valence-electron chi connectivity index (χ1n) is 4.63. The van der Waals surface area contributed by atoms with Crippen molar-refractivity contribution in [2.75, 3.05) is 19.5 Å². The summed E-state index contributed by atoms with van der Waals surface area (Å²) in [5, 5.41) is 0. The Hall–Kier alpha value is -0.100. The lowest BCUT2D eigenvalue weighted by Crippen LogP contribution is -2.25. The summed E-state index contributed by atoms with van der Waals surface area (Å²) in [7, 11) is -1.70. The van der Waals surface area contributed by atoms with Crippen molar-refractivity contribution in [1.82, 2.24) is 4.31 Å². The first-order valence-corrected chi connectivity index (χ1v) is 7.42. The van der Waals surface area contributed by atoms with E-state index in [1.54, 1.807) is 13.1 Å². The molecule has 0 bridgehead atoms. The van der Waals surface area contributed by atoms with Gasteiger partial charge in [-0.15, -0.1) is 22.9 Å². The summed E-state index contributed by atoms with van der Waals surface area (Å²) < 4.78 is 25.5. The number of nitrogens with zero attached hydrogens (tertiary/aromatic N) is 1. The molecule has 0 saturated carbocycles. The molecule has 6 heteroatoms. The van der Waals surface area contributed by atoms with Gasteiger partial charge in [0.1, 0.15) is 4.21 Å². The van der Waals surface area contributed by atoms with Gasteiger partial charge < -0.3 is 0 Å². The summed E-state index contributed by atoms with van der Waals surface area (Å²) in [5.41, 5.74) is 0. The number of hydrogen-bond donors (Lipinski definition) is 0. The van der Waals surface area contributed by atoms with Gasteiger partial charge in [-0.2, -0.15) is 0 Å². The predicted molar refractivity (Wildman–Crippen MR) is 64.2 cm³/mol. The Morgan fingerprint density at radius 2 is 2.13 bits per heavy atom. The fourth-order valence-electron chi connectivity index (χ4n) is 1.05. The average molecular weight is 268 g/mol. The number of sulfonamides is 1. The number of hydrogen-bond acceptors (Lipinski definition) is 3. The van der Waals surface area contributed by atoms with Crippen LogP contribution in [0.3, 0.4) is 0 Å². The molecule has 0 atom stereocenters. The van der Waals surface area contributed by atoms with Crippen molar-refractivity contribution in [1.29, 1.82) is 0 Å². The lowest BCUT2D eigenvalue weighted by Gasteiger charge is -2.12. The van der Waals surface area contributed by atoms with E-state index in [2.05, 4.69) is 0 Å². The Morgan fingerprint density at radius 3 is 2.67 bits per heavy atom. The van der Waals surface area contributed by atoms with Crippen LogP contribution >= 0.6 is 22.9 Å². The molecule has 0 amide bonds. The van der Waals surface area contributed by atoms with Crippen LogP contribution in [0.25, 0.3) is 0 Å². The Kier molecular flexibility index (Phi) is 4.58. The van der Waals surface area contributed by atoms with Gasteiger partial charge in [0.2, 0.25) is 0 Å². The Morgan fingerprint density at radius 1 is 1.47 bits per heavy atom. The Labute approximate surface area is 99.7 Å². The molecule has 3 nitrogen and oxygen atoms in total. The lowest BCUT2D eigenvalue weighted by atomic mass is 10.4. The Bertz CT molecular complexity index is 414. The van der Waals surface area contributed by atoms with Gasteiger partial charge in [-0.25, -0.2) is 12.7 Å². The molecule has 0 spiro atoms. The van der Waals surface area contributed by atoms with Crippen molar-refractivity contribution in [3.8, 4) is 0 Å². The zero-order chi connectivity index (χ0) is 11.5. The molecular formula is C9H14ClNO2S2. The highest BCUT2D eigenvalue weighted by Crippen LogP contribution is 2.24. The van der Waals surface area contributed by atoms with Gasteiger partial charge in [-0.05, 0) is 18.6 Å². The van der Waals surface area contributed by atoms with Crippen LogP contribution in [0.5, 0.6) is 0 Å². The molecule has 0 aromatic carbocycles. The molecule has 15 heavy (non-hydrogen) atoms. The predicted octanol–water partition coefficient (Wildman–Crippen LogP) is 2.17. The highest BCUT2D eigenvalue weighted by Gasteiger charge is 2.20. The van der Waals surface area contributed by atoms with Crippen LogP contribution in [0.2, 0.25) is 0 Å². The molecule has 1 aromatic heterocycles. The van der Waals surface area contributed by atoms with Crippen LogP contribution in [-0.2, 0) is 16.4 Å². The number of alkyl halides is 1. The molecule has 0 aliphatic heterocycles. The Balaban J connectivity index is 2.96. The zero-order valence-corrected chi connectivity index (χ0v) is 11.1. The van der Waals surface area contributed by atoms with Gasteiger partial charge in [-0.3, -0.25) is 0 Å². The van der Waals surface area contributed by atoms with Gasteiger partial charge in [0.05, 0.1) is 0 Å². The summed E-state index contributed by atoms with van der Waals surface area (Å²) in [4.78, 5) is 1.01. The maximum atomic E-state index is 11.9. The van der Waals surface area contributed by atoms with Crippen molar-refractivity contribution in [2.45, 2.75) is 17.6 Å². The minimum Gasteiger partial charge on any atom is -0.206 e. The molecule has 1 heterocycles. The maximum absolute atomic E-state index is 11.9. The molecule has 0 aliphatic carbocycles. The van der Waals surface area contributed by atoms with E-state index in [0.29, 0.717) is 16.6 Å². The number of rotatable bonds is 5. The van der Waals surface area contributed by atoms with Crippen LogP contribution in [0, 0.1) is 0 Å². The first kappa shape index (κ1) is 13.0. The highest BCUT2D eigenvalue weighted by atomic mass is 35.5. The number of halogens is 1. The molecule has 86 valence electrons. The fraction of sp³-hybridized carbons (Fsp3) is 0.556. The van der Waals surface area contributed by atoms with Crippen molar-refractivity contribution in [3.05, 3.63) is 17.0 Å². The molecule has 0 fully saturated rings. The molecule has 0 N–H and O–H groups in total. The van der Waals surface area contributed by atoms with Crippen LogP contribution in [0.4, 0.5) is 0 Å². The second-order valence-corrected chi connectivity index (χ2v) is 6.90. The third-order valence-electron chi connectivity index (χ3n) is 2.09. The summed E-state index contributed by atoms with van der Waals surface area (Å²) in [5.74, 6) is 0.517. The second-order valence-electron chi connectivity index (χ2n) is 3.08. The summed E-state index contributed by atoms with van der Waals surface area (Å²) in [6, 6.07) is 3.47. The molecule has 0 saturated heterocycles. The molecule has 1 rings (SSSR count). The molecule has 0 unspecified atom stereocenters. The minimum atomic E-state index is -3.28. The molecule has 0 aliphatic rings. The van der Waals surface area contributed by atoms with E-state index in [-0.39, 0.29) is 0 Å². The minimum absolute atomic E-state index is 0.395. The third kappa shape index (κ3) is 2.93. The molecule has 1 aromatic rings. The van der Waals surface area contributed by atoms with Gasteiger partial charge in [0, 0.05) is 24.3 Å². The SMILES string of the molecule is CCN(C)S(=O)(=O)c1ccc(CCCl)s1. The normalized spacial score (nSPS) is 12.3. The van der Waals surface area contributed by atoms with E-state index in [9.17, 15) is 8.42 Å². The van der Waals surface area contributed by atoms with Crippen molar-refractivity contribution >= 4 is 33.0 Å². The first-order chi connectivity index (χ1) is 7.02. The monoisotopic (exact) mass is 267 g/mol. The zero-order valence-electron chi connectivity index (χ0n) is 8.73. The largest absolute Gasteiger partial charge is 0.252 e. The lowest BCUT2D eigenvalue weighted by molar-refractivity contribution is 0.488. The fourth-order valence-corrected chi connectivity index (χ4v) is 4.11. The van der Waals surface area contributed by atoms with E-state index in [0.717, 1.165) is 11.3 Å². The summed E-state index contributed by atoms with van der Waals surface area (Å²) >= 11 is 6.89. The van der Waals surface area contributed by atoms with E-state index in [4.69, 9.17) is 11.6 Å². The average Bonchev–Trinajstić information content (AvgIpc) is 2.66. The van der Waals surface area contributed by atoms with Gasteiger partial charge >= 0.3 is 0 Å². The van der Waals surface area contributed by atoms with Gasteiger partial charge in [0.15, 0.2) is 0 Å². The van der Waals surface area contributed by atoms with E-state index in [1.807, 2.05) is 13.0 Å². The van der Waals surface area contributed by atoms with Crippen molar-refractivity contribution in [2.24, 2.45) is 0 Å². The van der Waals surface area contributed by atoms with Crippen LogP contribution in [0.15, 0.2) is 16.3 Å². The van der Waals surface area contributed by atoms with Crippen molar-refractivity contribution in [3.63, 3.8) is 0 Å².